The van der Waals surface area contributed by atoms with Gasteiger partial charge in [-0.1, -0.05) is 24.3 Å². The molecule has 1 atom stereocenters. The van der Waals surface area contributed by atoms with Gasteiger partial charge in [-0.3, -0.25) is 9.59 Å². The number of carboxylic acids is 1. The van der Waals surface area contributed by atoms with Crippen molar-refractivity contribution in [3.63, 3.8) is 0 Å². The summed E-state index contributed by atoms with van der Waals surface area (Å²) in [5.41, 5.74) is 2.16. The average Bonchev–Trinajstić information content (AvgIpc) is 2.61. The Morgan fingerprint density at radius 3 is 2.58 bits per heavy atom. The number of fused-ring (bicyclic) bond motifs is 1. The Morgan fingerprint density at radius 2 is 1.92 bits per heavy atom. The van der Waals surface area contributed by atoms with E-state index in [9.17, 15) is 9.59 Å². The predicted molar refractivity (Wildman–Crippen MR) is 89.1 cm³/mol. The highest BCUT2D eigenvalue weighted by Gasteiger charge is 2.32. The van der Waals surface area contributed by atoms with Crippen molar-refractivity contribution in [3.8, 4) is 5.75 Å². The molecular weight excluding hydrogens is 308 g/mol. The molecule has 6 nitrogen and oxygen atoms in total. The lowest BCUT2D eigenvalue weighted by molar-refractivity contribution is -0.137. The molecule has 2 N–H and O–H groups in total. The predicted octanol–water partition coefficient (Wildman–Crippen LogP) is 2.74. The third-order valence-electron chi connectivity index (χ3n) is 4.02. The Balaban J connectivity index is 1.96. The number of carboxylic acid groups (broad SMARTS) is 1. The molecule has 0 fully saturated rings. The second-order valence-corrected chi connectivity index (χ2v) is 5.51. The van der Waals surface area contributed by atoms with Crippen molar-refractivity contribution in [1.82, 2.24) is 4.90 Å². The van der Waals surface area contributed by atoms with Crippen molar-refractivity contribution >= 4 is 17.6 Å². The van der Waals surface area contributed by atoms with Gasteiger partial charge in [0.1, 0.15) is 11.9 Å². The molecule has 0 saturated heterocycles. The molecule has 1 aliphatic rings. The van der Waals surface area contributed by atoms with Crippen LogP contribution in [0, 0.1) is 0 Å². The van der Waals surface area contributed by atoms with Crippen LogP contribution in [-0.2, 0) is 4.79 Å². The van der Waals surface area contributed by atoms with Gasteiger partial charge in [-0.15, -0.1) is 0 Å². The smallest absolute Gasteiger partial charge is 0.305 e. The fourth-order valence-electron chi connectivity index (χ4n) is 2.79. The monoisotopic (exact) mass is 326 g/mol. The zero-order chi connectivity index (χ0) is 17.1. The highest BCUT2D eigenvalue weighted by Crippen LogP contribution is 2.33. The van der Waals surface area contributed by atoms with E-state index in [2.05, 4.69) is 5.32 Å². The maximum atomic E-state index is 12.8. The summed E-state index contributed by atoms with van der Waals surface area (Å²) >= 11 is 0. The van der Waals surface area contributed by atoms with Crippen molar-refractivity contribution < 1.29 is 19.4 Å². The largest absolute Gasteiger partial charge is 0.497 e. The fraction of sp³-hybridized carbons (Fsp3) is 0.222. The number of ether oxygens (including phenoxy) is 1. The molecule has 1 unspecified atom stereocenters. The van der Waals surface area contributed by atoms with Crippen LogP contribution >= 0.6 is 0 Å². The zero-order valence-electron chi connectivity index (χ0n) is 13.2. The first-order valence-corrected chi connectivity index (χ1v) is 7.62. The zero-order valence-corrected chi connectivity index (χ0v) is 13.2. The average molecular weight is 326 g/mol. The molecular formula is C18H18N2O4. The Hall–Kier alpha value is -3.02. The number of hydrogen-bond donors (Lipinski definition) is 2. The molecule has 1 heterocycles. The maximum Gasteiger partial charge on any atom is 0.305 e. The summed E-state index contributed by atoms with van der Waals surface area (Å²) in [6, 6.07) is 14.6. The number of para-hydroxylation sites is 1. The summed E-state index contributed by atoms with van der Waals surface area (Å²) in [5, 5.41) is 12.3. The lowest BCUT2D eigenvalue weighted by Gasteiger charge is -2.38. The molecule has 1 aliphatic heterocycles. The van der Waals surface area contributed by atoms with Crippen LogP contribution in [0.15, 0.2) is 48.5 Å². The number of carbonyl (C=O) groups is 2. The summed E-state index contributed by atoms with van der Waals surface area (Å²) < 4.78 is 5.16. The minimum absolute atomic E-state index is 0.109. The van der Waals surface area contributed by atoms with Crippen molar-refractivity contribution in [1.29, 1.82) is 0 Å². The van der Waals surface area contributed by atoms with Gasteiger partial charge in [0.2, 0.25) is 0 Å². The standard InChI is InChI=1S/C18H18N2O4/c1-24-13-8-6-12(7-9-13)17-19-15-5-3-2-4-14(15)18(23)20(17)11-10-16(21)22/h2-9,17,19H,10-11H2,1H3,(H,21,22). The van der Waals surface area contributed by atoms with E-state index >= 15 is 0 Å². The second kappa shape index (κ2) is 6.62. The van der Waals surface area contributed by atoms with Gasteiger partial charge in [0.15, 0.2) is 0 Å². The van der Waals surface area contributed by atoms with Crippen LogP contribution in [0.4, 0.5) is 5.69 Å². The molecule has 2 aromatic rings. The number of hydrogen-bond acceptors (Lipinski definition) is 4. The molecule has 0 bridgehead atoms. The van der Waals surface area contributed by atoms with Gasteiger partial charge in [-0.25, -0.2) is 0 Å². The normalized spacial score (nSPS) is 16.3. The molecule has 0 radical (unpaired) electrons. The number of amides is 1. The van der Waals surface area contributed by atoms with Gasteiger partial charge in [-0.2, -0.15) is 0 Å². The Bertz CT molecular complexity index is 758. The fourth-order valence-corrected chi connectivity index (χ4v) is 2.79. The van der Waals surface area contributed by atoms with Crippen LogP contribution < -0.4 is 10.1 Å². The third kappa shape index (κ3) is 3.03. The van der Waals surface area contributed by atoms with Crippen molar-refractivity contribution in [2.75, 3.05) is 19.0 Å². The summed E-state index contributed by atoms with van der Waals surface area (Å²) in [6.07, 6.45) is -0.528. The van der Waals surface area contributed by atoms with E-state index in [1.807, 2.05) is 36.4 Å². The molecule has 24 heavy (non-hydrogen) atoms. The number of nitrogens with zero attached hydrogens (tertiary/aromatic N) is 1. The van der Waals surface area contributed by atoms with Crippen LogP contribution in [0.1, 0.15) is 28.5 Å². The molecule has 0 aromatic heterocycles. The highest BCUT2D eigenvalue weighted by molar-refractivity contribution is 6.01. The van der Waals surface area contributed by atoms with Crippen molar-refractivity contribution in [2.45, 2.75) is 12.6 Å². The number of nitrogens with one attached hydrogen (secondary N) is 1. The lowest BCUT2D eigenvalue weighted by atomic mass is 10.0. The van der Waals surface area contributed by atoms with Gasteiger partial charge in [0.25, 0.3) is 5.91 Å². The van der Waals surface area contributed by atoms with E-state index < -0.39 is 12.1 Å². The number of aliphatic carboxylic acids is 1. The van der Waals surface area contributed by atoms with Crippen LogP contribution in [-0.4, -0.2) is 35.5 Å². The van der Waals surface area contributed by atoms with E-state index in [-0.39, 0.29) is 18.9 Å². The number of carbonyl (C=O) groups excluding carboxylic acids is 1. The molecule has 0 spiro atoms. The van der Waals surface area contributed by atoms with Gasteiger partial charge >= 0.3 is 5.97 Å². The molecule has 124 valence electrons. The van der Waals surface area contributed by atoms with E-state index in [0.717, 1.165) is 17.0 Å². The van der Waals surface area contributed by atoms with Crippen LogP contribution in [0.25, 0.3) is 0 Å². The SMILES string of the molecule is COc1ccc(C2Nc3ccccc3C(=O)N2CCC(=O)O)cc1. The summed E-state index contributed by atoms with van der Waals surface area (Å²) in [5.74, 6) is -0.389. The van der Waals surface area contributed by atoms with Crippen molar-refractivity contribution in [2.24, 2.45) is 0 Å². The Labute approximate surface area is 139 Å². The lowest BCUT2D eigenvalue weighted by Crippen LogP contribution is -2.43. The molecule has 1 amide bonds. The highest BCUT2D eigenvalue weighted by atomic mass is 16.5. The summed E-state index contributed by atoms with van der Waals surface area (Å²) in [7, 11) is 1.59. The van der Waals surface area contributed by atoms with E-state index in [0.29, 0.717) is 5.56 Å². The van der Waals surface area contributed by atoms with Crippen LogP contribution in [0.2, 0.25) is 0 Å². The number of benzene rings is 2. The number of methoxy groups -OCH3 is 1. The van der Waals surface area contributed by atoms with Gasteiger partial charge in [0, 0.05) is 12.2 Å². The topological polar surface area (TPSA) is 78.9 Å². The quantitative estimate of drug-likeness (QED) is 0.883. The molecule has 2 aromatic carbocycles. The van der Waals surface area contributed by atoms with Crippen LogP contribution in [0.5, 0.6) is 5.75 Å². The first-order chi connectivity index (χ1) is 11.6. The van der Waals surface area contributed by atoms with E-state index in [4.69, 9.17) is 9.84 Å². The second-order valence-electron chi connectivity index (χ2n) is 5.51. The Morgan fingerprint density at radius 1 is 1.21 bits per heavy atom. The maximum absolute atomic E-state index is 12.8. The first kappa shape index (κ1) is 15.9. The molecule has 3 rings (SSSR count). The number of rotatable bonds is 5. The van der Waals surface area contributed by atoms with E-state index in [1.165, 1.54) is 0 Å². The number of anilines is 1. The van der Waals surface area contributed by atoms with Crippen molar-refractivity contribution in [3.05, 3.63) is 59.7 Å². The van der Waals surface area contributed by atoms with Gasteiger partial charge in [0.05, 0.1) is 19.1 Å². The third-order valence-corrected chi connectivity index (χ3v) is 4.02. The minimum atomic E-state index is -0.935. The first-order valence-electron chi connectivity index (χ1n) is 7.62. The molecule has 0 aliphatic carbocycles. The minimum Gasteiger partial charge on any atom is -0.497 e. The summed E-state index contributed by atoms with van der Waals surface area (Å²) in [6.45, 7) is 0.131. The van der Waals surface area contributed by atoms with Crippen LogP contribution in [0.3, 0.4) is 0 Å². The summed E-state index contributed by atoms with van der Waals surface area (Å²) in [4.78, 5) is 25.3. The van der Waals surface area contributed by atoms with Gasteiger partial charge in [-0.05, 0) is 29.8 Å². The van der Waals surface area contributed by atoms with Gasteiger partial charge < -0.3 is 20.1 Å². The molecule has 6 heteroatoms. The Kier molecular flexibility index (Phi) is 4.37. The van der Waals surface area contributed by atoms with E-state index in [1.54, 1.807) is 24.1 Å². The molecule has 0 saturated carbocycles.